The Balaban J connectivity index is 0.000000163. The lowest BCUT2D eigenvalue weighted by atomic mass is 10.2. The Kier molecular flexibility index (Phi) is 11.5. The third-order valence-corrected chi connectivity index (χ3v) is 6.52. The van der Waals surface area contributed by atoms with Gasteiger partial charge in [-0.15, -0.1) is 6.42 Å². The minimum absolute atomic E-state index is 0.231. The van der Waals surface area contributed by atoms with Gasteiger partial charge in [-0.25, -0.2) is 18.1 Å². The Morgan fingerprint density at radius 1 is 0.628 bits per heavy atom. The predicted octanol–water partition coefficient (Wildman–Crippen LogP) is 9.00. The van der Waals surface area contributed by atoms with Gasteiger partial charge >= 0.3 is 0 Å². The van der Waals surface area contributed by atoms with Gasteiger partial charge in [-0.1, -0.05) is 47.2 Å². The molecule has 0 fully saturated rings. The van der Waals surface area contributed by atoms with Crippen molar-refractivity contribution in [3.8, 4) is 35.6 Å². The summed E-state index contributed by atoms with van der Waals surface area (Å²) in [4.78, 5) is 0. The van der Waals surface area contributed by atoms with Crippen LogP contribution >= 0.6 is 45.8 Å². The van der Waals surface area contributed by atoms with E-state index in [0.717, 1.165) is 26.2 Å². The highest BCUT2D eigenvalue weighted by atomic mass is 127. The standard InChI is InChI=1S/C17H10ClFN2.C9H6FIN2.C8H5Cl/c18-14-3-1-2-13(12-14)4-7-16-10-11-21(20-16)17-8-5-15(19)6-9-17;10-7-1-3-8(4-2-7)13-6-5-9(11)12-13;1-2-7-4-3-5-8(9)6-7/h1-3,5-6,8-12H;1-6H;1,3-6H. The van der Waals surface area contributed by atoms with Gasteiger partial charge in [0.05, 0.1) is 11.4 Å². The maximum absolute atomic E-state index is 12.9. The predicted molar refractivity (Wildman–Crippen MR) is 177 cm³/mol. The average molecular weight is 721 g/mol. The minimum atomic E-state index is -0.271. The summed E-state index contributed by atoms with van der Waals surface area (Å²) in [5, 5.41) is 9.86. The van der Waals surface area contributed by atoms with Gasteiger partial charge in [0, 0.05) is 33.6 Å². The molecule has 0 aliphatic carbocycles. The van der Waals surface area contributed by atoms with Gasteiger partial charge in [-0.05, 0) is 126 Å². The molecule has 9 heteroatoms. The molecule has 0 N–H and O–H groups in total. The van der Waals surface area contributed by atoms with E-state index in [9.17, 15) is 8.78 Å². The zero-order valence-corrected chi connectivity index (χ0v) is 26.0. The molecule has 2 aromatic heterocycles. The summed E-state index contributed by atoms with van der Waals surface area (Å²) >= 11 is 13.7. The quantitative estimate of drug-likeness (QED) is 0.132. The molecule has 0 aliphatic rings. The molecule has 43 heavy (non-hydrogen) atoms. The summed E-state index contributed by atoms with van der Waals surface area (Å²) in [6.45, 7) is 0. The molecule has 6 aromatic rings. The van der Waals surface area contributed by atoms with E-state index in [-0.39, 0.29) is 11.6 Å². The summed E-state index contributed by atoms with van der Waals surface area (Å²) < 4.78 is 29.7. The van der Waals surface area contributed by atoms with Crippen LogP contribution in [-0.2, 0) is 0 Å². The summed E-state index contributed by atoms with van der Waals surface area (Å²) in [6.07, 6.45) is 8.74. The largest absolute Gasteiger partial charge is 0.240 e. The second kappa shape index (κ2) is 15.7. The van der Waals surface area contributed by atoms with Crippen molar-refractivity contribution in [3.05, 3.63) is 164 Å². The molecule has 4 aromatic carbocycles. The molecule has 212 valence electrons. The zero-order valence-electron chi connectivity index (χ0n) is 22.3. The van der Waals surface area contributed by atoms with Gasteiger partial charge in [0.15, 0.2) is 0 Å². The number of benzene rings is 4. The number of aromatic nitrogens is 4. The van der Waals surface area contributed by atoms with Gasteiger partial charge < -0.3 is 0 Å². The van der Waals surface area contributed by atoms with Crippen LogP contribution in [0.1, 0.15) is 16.8 Å². The number of rotatable bonds is 2. The van der Waals surface area contributed by atoms with E-state index in [1.54, 1.807) is 70.2 Å². The molecule has 0 atom stereocenters. The van der Waals surface area contributed by atoms with E-state index >= 15 is 0 Å². The van der Waals surface area contributed by atoms with Crippen LogP contribution in [0.25, 0.3) is 11.4 Å². The smallest absolute Gasteiger partial charge is 0.136 e. The highest BCUT2D eigenvalue weighted by molar-refractivity contribution is 14.1. The number of hydrogen-bond acceptors (Lipinski definition) is 2. The fourth-order valence-corrected chi connectivity index (χ4v) is 4.22. The molecule has 6 rings (SSSR count). The average Bonchev–Trinajstić information content (AvgIpc) is 3.67. The lowest BCUT2D eigenvalue weighted by Gasteiger charge is -1.99. The van der Waals surface area contributed by atoms with Crippen molar-refractivity contribution in [3.63, 3.8) is 0 Å². The summed E-state index contributed by atoms with van der Waals surface area (Å²) in [7, 11) is 0. The van der Waals surface area contributed by atoms with Crippen molar-refractivity contribution < 1.29 is 8.78 Å². The third kappa shape index (κ3) is 10.1. The van der Waals surface area contributed by atoms with E-state index in [4.69, 9.17) is 29.6 Å². The fraction of sp³-hybridized carbons (Fsp3) is 0. The second-order valence-electron chi connectivity index (χ2n) is 8.60. The molecule has 0 aliphatic heterocycles. The van der Waals surface area contributed by atoms with Crippen LogP contribution in [0.3, 0.4) is 0 Å². The van der Waals surface area contributed by atoms with Gasteiger partial charge in [-0.2, -0.15) is 10.2 Å². The SMILES string of the molecule is C#Cc1cccc(Cl)c1.Fc1ccc(-n2ccc(C#Cc3cccc(Cl)c3)n2)cc1.Fc1ccc(-n2ccc(I)n2)cc1. The van der Waals surface area contributed by atoms with Gasteiger partial charge in [-0.3, -0.25) is 0 Å². The molecule has 0 saturated heterocycles. The molecule has 0 unspecified atom stereocenters. The van der Waals surface area contributed by atoms with Gasteiger partial charge in [0.1, 0.15) is 21.0 Å². The van der Waals surface area contributed by atoms with E-state index in [1.165, 1.54) is 24.3 Å². The molecular weight excluding hydrogens is 700 g/mol. The Morgan fingerprint density at radius 2 is 1.14 bits per heavy atom. The maximum atomic E-state index is 12.9. The third-order valence-electron chi connectivity index (χ3n) is 5.48. The molecule has 0 amide bonds. The van der Waals surface area contributed by atoms with Crippen LogP contribution in [0.2, 0.25) is 10.0 Å². The first-order chi connectivity index (χ1) is 20.8. The first-order valence-corrected chi connectivity index (χ1v) is 14.4. The first kappa shape index (κ1) is 31.5. The van der Waals surface area contributed by atoms with Gasteiger partial charge in [0.2, 0.25) is 0 Å². The minimum Gasteiger partial charge on any atom is -0.240 e. The number of terminal acetylenes is 1. The Morgan fingerprint density at radius 3 is 1.63 bits per heavy atom. The summed E-state index contributed by atoms with van der Waals surface area (Å²) in [5.41, 5.74) is 3.94. The highest BCUT2D eigenvalue weighted by Gasteiger charge is 2.00. The van der Waals surface area contributed by atoms with Crippen LogP contribution in [0, 0.1) is 39.5 Å². The van der Waals surface area contributed by atoms with E-state index in [2.05, 4.69) is 50.5 Å². The number of nitrogens with zero attached hydrogens (tertiary/aromatic N) is 4. The Bertz CT molecular complexity index is 1900. The van der Waals surface area contributed by atoms with Crippen LogP contribution in [0.15, 0.2) is 122 Å². The lowest BCUT2D eigenvalue weighted by molar-refractivity contribution is 0.626. The van der Waals surface area contributed by atoms with Crippen LogP contribution in [-0.4, -0.2) is 19.6 Å². The molecule has 0 bridgehead atoms. The summed E-state index contributed by atoms with van der Waals surface area (Å²) in [5.74, 6) is 7.96. The molecule has 0 saturated carbocycles. The lowest BCUT2D eigenvalue weighted by Crippen LogP contribution is -1.94. The highest BCUT2D eigenvalue weighted by Crippen LogP contribution is 2.12. The van der Waals surface area contributed by atoms with Crippen molar-refractivity contribution >= 4 is 45.8 Å². The van der Waals surface area contributed by atoms with Crippen molar-refractivity contribution in [2.75, 3.05) is 0 Å². The van der Waals surface area contributed by atoms with Crippen LogP contribution in [0.4, 0.5) is 8.78 Å². The van der Waals surface area contributed by atoms with Crippen LogP contribution in [0.5, 0.6) is 0 Å². The molecule has 0 spiro atoms. The monoisotopic (exact) mass is 720 g/mol. The Labute approximate surface area is 272 Å². The number of hydrogen-bond donors (Lipinski definition) is 0. The topological polar surface area (TPSA) is 35.6 Å². The van der Waals surface area contributed by atoms with E-state index in [1.807, 2.05) is 36.5 Å². The van der Waals surface area contributed by atoms with E-state index < -0.39 is 0 Å². The molecule has 4 nitrogen and oxygen atoms in total. The maximum Gasteiger partial charge on any atom is 0.136 e. The van der Waals surface area contributed by atoms with Crippen molar-refractivity contribution in [1.29, 1.82) is 0 Å². The number of halogens is 5. The molecular formula is C34H21Cl2F2IN4. The Hall–Kier alpha value is -4.41. The molecule has 2 heterocycles. The van der Waals surface area contributed by atoms with Crippen molar-refractivity contribution in [1.82, 2.24) is 19.6 Å². The first-order valence-electron chi connectivity index (χ1n) is 12.6. The van der Waals surface area contributed by atoms with Crippen molar-refractivity contribution in [2.24, 2.45) is 0 Å². The normalized spacial score (nSPS) is 9.77. The molecule has 0 radical (unpaired) electrons. The van der Waals surface area contributed by atoms with E-state index in [0.29, 0.717) is 15.7 Å². The summed E-state index contributed by atoms with van der Waals surface area (Å²) in [6, 6.07) is 30.6. The van der Waals surface area contributed by atoms with Crippen LogP contribution < -0.4 is 0 Å². The van der Waals surface area contributed by atoms with Crippen molar-refractivity contribution in [2.45, 2.75) is 0 Å². The zero-order chi connectivity index (χ0) is 30.6. The fourth-order valence-electron chi connectivity index (χ4n) is 3.45. The van der Waals surface area contributed by atoms with Gasteiger partial charge in [0.25, 0.3) is 0 Å². The second-order valence-corrected chi connectivity index (χ2v) is 10.6.